The Labute approximate surface area is 148 Å². The molecule has 0 fully saturated rings. The van der Waals surface area contributed by atoms with Crippen molar-refractivity contribution in [3.8, 4) is 5.75 Å². The van der Waals surface area contributed by atoms with Gasteiger partial charge in [0.1, 0.15) is 5.75 Å². The SMILES string of the molecule is CCCCOC(=O)N(COc1ccc(N)cc1)Cc1ccc(N)cc1. The van der Waals surface area contributed by atoms with Gasteiger partial charge in [-0.1, -0.05) is 25.5 Å². The molecule has 0 aliphatic rings. The number of amides is 1. The third-order valence-electron chi connectivity index (χ3n) is 3.60. The first-order valence-electron chi connectivity index (χ1n) is 8.33. The lowest BCUT2D eigenvalue weighted by Gasteiger charge is -2.22. The number of benzene rings is 2. The standard InChI is InChI=1S/C19H25N3O3/c1-2-3-12-24-19(23)22(13-15-4-6-16(20)7-5-15)14-25-18-10-8-17(21)9-11-18/h4-11H,2-3,12-14,20-21H2,1H3. The Morgan fingerprint density at radius 3 is 2.20 bits per heavy atom. The van der Waals surface area contributed by atoms with Crippen LogP contribution in [0.15, 0.2) is 48.5 Å². The highest BCUT2D eigenvalue weighted by Crippen LogP contribution is 2.15. The average Bonchev–Trinajstić information content (AvgIpc) is 2.61. The number of carbonyl (C=O) groups is 1. The number of nitrogens with zero attached hydrogens (tertiary/aromatic N) is 1. The van der Waals surface area contributed by atoms with E-state index < -0.39 is 6.09 Å². The van der Waals surface area contributed by atoms with E-state index in [1.54, 1.807) is 36.4 Å². The number of hydrogen-bond acceptors (Lipinski definition) is 5. The van der Waals surface area contributed by atoms with Gasteiger partial charge in [-0.05, 0) is 48.4 Å². The first-order chi connectivity index (χ1) is 12.1. The molecule has 25 heavy (non-hydrogen) atoms. The summed E-state index contributed by atoms with van der Waals surface area (Å²) in [5.74, 6) is 0.637. The third-order valence-corrected chi connectivity index (χ3v) is 3.60. The fourth-order valence-corrected chi connectivity index (χ4v) is 2.12. The highest BCUT2D eigenvalue weighted by molar-refractivity contribution is 5.67. The molecule has 0 atom stereocenters. The molecule has 0 saturated heterocycles. The zero-order valence-corrected chi connectivity index (χ0v) is 14.5. The van der Waals surface area contributed by atoms with Crippen LogP contribution in [0.2, 0.25) is 0 Å². The van der Waals surface area contributed by atoms with Gasteiger partial charge in [0.2, 0.25) is 0 Å². The fourth-order valence-electron chi connectivity index (χ4n) is 2.12. The fraction of sp³-hybridized carbons (Fsp3) is 0.316. The molecule has 0 unspecified atom stereocenters. The van der Waals surface area contributed by atoms with Crippen LogP contribution in [0.3, 0.4) is 0 Å². The smallest absolute Gasteiger partial charge is 0.412 e. The van der Waals surface area contributed by atoms with Crippen molar-refractivity contribution < 1.29 is 14.3 Å². The normalized spacial score (nSPS) is 10.3. The maximum absolute atomic E-state index is 12.3. The van der Waals surface area contributed by atoms with Crippen LogP contribution in [0.4, 0.5) is 16.2 Å². The number of unbranched alkanes of at least 4 members (excludes halogenated alkanes) is 1. The average molecular weight is 343 g/mol. The van der Waals surface area contributed by atoms with E-state index in [0.29, 0.717) is 30.3 Å². The minimum absolute atomic E-state index is 0.0826. The molecular formula is C19H25N3O3. The van der Waals surface area contributed by atoms with Crippen molar-refractivity contribution in [1.29, 1.82) is 0 Å². The summed E-state index contributed by atoms with van der Waals surface area (Å²) in [6.45, 7) is 2.90. The van der Waals surface area contributed by atoms with Crippen LogP contribution in [-0.2, 0) is 11.3 Å². The predicted octanol–water partition coefficient (Wildman–Crippen LogP) is 3.63. The number of carbonyl (C=O) groups excluding carboxylic acids is 1. The quantitative estimate of drug-likeness (QED) is 0.434. The van der Waals surface area contributed by atoms with Gasteiger partial charge in [0.25, 0.3) is 0 Å². The van der Waals surface area contributed by atoms with E-state index in [-0.39, 0.29) is 6.73 Å². The largest absolute Gasteiger partial charge is 0.473 e. The van der Waals surface area contributed by atoms with Crippen LogP contribution < -0.4 is 16.2 Å². The molecule has 0 aromatic heterocycles. The van der Waals surface area contributed by atoms with Gasteiger partial charge in [-0.15, -0.1) is 0 Å². The number of ether oxygens (including phenoxy) is 2. The van der Waals surface area contributed by atoms with E-state index in [1.165, 1.54) is 4.90 Å². The van der Waals surface area contributed by atoms with Crippen molar-refractivity contribution in [2.75, 3.05) is 24.8 Å². The molecule has 2 rings (SSSR count). The minimum Gasteiger partial charge on any atom is -0.473 e. The van der Waals surface area contributed by atoms with Crippen LogP contribution in [0.1, 0.15) is 25.3 Å². The van der Waals surface area contributed by atoms with E-state index in [2.05, 4.69) is 0 Å². The molecular weight excluding hydrogens is 318 g/mol. The van der Waals surface area contributed by atoms with Crippen molar-refractivity contribution in [2.24, 2.45) is 0 Å². The molecule has 0 saturated carbocycles. The van der Waals surface area contributed by atoms with Crippen molar-refractivity contribution in [2.45, 2.75) is 26.3 Å². The predicted molar refractivity (Wildman–Crippen MR) is 99.0 cm³/mol. The number of rotatable bonds is 8. The van der Waals surface area contributed by atoms with Gasteiger partial charge in [-0.25, -0.2) is 4.79 Å². The van der Waals surface area contributed by atoms with E-state index in [1.807, 2.05) is 19.1 Å². The molecule has 0 bridgehead atoms. The lowest BCUT2D eigenvalue weighted by Crippen LogP contribution is -2.34. The molecule has 2 aromatic rings. The molecule has 4 N–H and O–H groups in total. The number of nitrogen functional groups attached to an aromatic ring is 2. The molecule has 1 amide bonds. The lowest BCUT2D eigenvalue weighted by molar-refractivity contribution is 0.0653. The second-order valence-electron chi connectivity index (χ2n) is 5.75. The zero-order chi connectivity index (χ0) is 18.1. The van der Waals surface area contributed by atoms with E-state index in [9.17, 15) is 4.79 Å². The molecule has 134 valence electrons. The summed E-state index contributed by atoms with van der Waals surface area (Å²) in [7, 11) is 0. The first-order valence-corrected chi connectivity index (χ1v) is 8.33. The van der Waals surface area contributed by atoms with E-state index in [4.69, 9.17) is 20.9 Å². The highest BCUT2D eigenvalue weighted by Gasteiger charge is 2.16. The number of nitrogens with two attached hydrogens (primary N) is 2. The maximum Gasteiger partial charge on any atom is 0.412 e. The molecule has 0 radical (unpaired) electrons. The van der Waals surface area contributed by atoms with Gasteiger partial charge < -0.3 is 20.9 Å². The Morgan fingerprint density at radius 1 is 1.00 bits per heavy atom. The van der Waals surface area contributed by atoms with Gasteiger partial charge in [0, 0.05) is 11.4 Å². The summed E-state index contributed by atoms with van der Waals surface area (Å²) < 4.78 is 11.0. The number of anilines is 2. The second-order valence-corrected chi connectivity index (χ2v) is 5.75. The summed E-state index contributed by atoms with van der Waals surface area (Å²) in [6, 6.07) is 14.4. The van der Waals surface area contributed by atoms with Gasteiger partial charge in [0.15, 0.2) is 6.73 Å². The molecule has 0 heterocycles. The molecule has 2 aromatic carbocycles. The Kier molecular flexibility index (Phi) is 6.95. The van der Waals surface area contributed by atoms with Gasteiger partial charge >= 0.3 is 6.09 Å². The van der Waals surface area contributed by atoms with Crippen molar-refractivity contribution >= 4 is 17.5 Å². The first kappa shape index (κ1) is 18.4. The van der Waals surface area contributed by atoms with Crippen molar-refractivity contribution in [1.82, 2.24) is 4.90 Å². The highest BCUT2D eigenvalue weighted by atomic mass is 16.6. The van der Waals surface area contributed by atoms with Crippen LogP contribution in [0, 0.1) is 0 Å². The minimum atomic E-state index is -0.402. The number of hydrogen-bond donors (Lipinski definition) is 2. The molecule has 0 spiro atoms. The molecule has 0 aliphatic heterocycles. The molecule has 0 aliphatic carbocycles. The summed E-state index contributed by atoms with van der Waals surface area (Å²) in [4.78, 5) is 13.9. The van der Waals surface area contributed by atoms with Gasteiger partial charge in [0.05, 0.1) is 13.2 Å². The Hall–Kier alpha value is -2.89. The summed E-state index contributed by atoms with van der Waals surface area (Å²) >= 11 is 0. The van der Waals surface area contributed by atoms with Gasteiger partial charge in [-0.2, -0.15) is 0 Å². The summed E-state index contributed by atoms with van der Waals surface area (Å²) in [5.41, 5.74) is 13.7. The topological polar surface area (TPSA) is 90.8 Å². The van der Waals surface area contributed by atoms with Crippen molar-refractivity contribution in [3.05, 3.63) is 54.1 Å². The zero-order valence-electron chi connectivity index (χ0n) is 14.5. The van der Waals surface area contributed by atoms with Crippen LogP contribution >= 0.6 is 0 Å². The Morgan fingerprint density at radius 2 is 1.60 bits per heavy atom. The maximum atomic E-state index is 12.3. The third kappa shape index (κ3) is 6.25. The Balaban J connectivity index is 2.00. The van der Waals surface area contributed by atoms with Gasteiger partial charge in [-0.3, -0.25) is 4.90 Å². The van der Waals surface area contributed by atoms with E-state index in [0.717, 1.165) is 18.4 Å². The summed E-state index contributed by atoms with van der Waals surface area (Å²) in [5, 5.41) is 0. The van der Waals surface area contributed by atoms with Crippen LogP contribution in [-0.4, -0.2) is 24.3 Å². The van der Waals surface area contributed by atoms with Crippen LogP contribution in [0.5, 0.6) is 5.75 Å². The van der Waals surface area contributed by atoms with Crippen LogP contribution in [0.25, 0.3) is 0 Å². The summed E-state index contributed by atoms with van der Waals surface area (Å²) in [6.07, 6.45) is 1.40. The molecule has 6 heteroatoms. The van der Waals surface area contributed by atoms with Crippen molar-refractivity contribution in [3.63, 3.8) is 0 Å². The second kappa shape index (κ2) is 9.42. The van der Waals surface area contributed by atoms with E-state index >= 15 is 0 Å². The lowest BCUT2D eigenvalue weighted by atomic mass is 10.2. The Bertz CT molecular complexity index is 657. The monoisotopic (exact) mass is 343 g/mol. The molecule has 6 nitrogen and oxygen atoms in total.